The van der Waals surface area contributed by atoms with Gasteiger partial charge in [0.25, 0.3) is 5.89 Å². The van der Waals surface area contributed by atoms with Crippen molar-refractivity contribution in [2.75, 3.05) is 26.2 Å². The van der Waals surface area contributed by atoms with Crippen molar-refractivity contribution >= 4 is 28.4 Å². The van der Waals surface area contributed by atoms with Crippen molar-refractivity contribution < 1.29 is 14.4 Å². The Labute approximate surface area is 214 Å². The van der Waals surface area contributed by atoms with Crippen LogP contribution in [0.4, 0.5) is 0 Å². The molecular formula is C27H30ClN5O3. The Kier molecular flexibility index (Phi) is 6.83. The lowest BCUT2D eigenvalue weighted by atomic mass is 9.91. The van der Waals surface area contributed by atoms with Crippen LogP contribution in [0.1, 0.15) is 36.6 Å². The van der Waals surface area contributed by atoms with Gasteiger partial charge in [-0.3, -0.25) is 9.69 Å². The van der Waals surface area contributed by atoms with Crippen LogP contribution in [0.3, 0.4) is 0 Å². The lowest BCUT2D eigenvalue weighted by Gasteiger charge is -2.29. The van der Waals surface area contributed by atoms with Gasteiger partial charge in [-0.05, 0) is 62.1 Å². The fourth-order valence-corrected chi connectivity index (χ4v) is 5.21. The Balaban J connectivity index is 1.37. The number of amides is 1. The minimum absolute atomic E-state index is 0.0532. The first kappa shape index (κ1) is 24.5. The SMILES string of the molecule is Cc1c(-c2noc(-c3ccc4c(c3)c(Cl)cn4C(C)C)n2)ccc2c1CCN(CC(=O)NCCO)C2. The normalized spacial score (nSPS) is 13.9. The predicted octanol–water partition coefficient (Wildman–Crippen LogP) is 4.37. The summed E-state index contributed by atoms with van der Waals surface area (Å²) in [4.78, 5) is 18.9. The predicted molar refractivity (Wildman–Crippen MR) is 140 cm³/mol. The van der Waals surface area contributed by atoms with Crippen LogP contribution in [0.2, 0.25) is 5.02 Å². The highest BCUT2D eigenvalue weighted by atomic mass is 35.5. The first-order valence-electron chi connectivity index (χ1n) is 12.2. The molecule has 0 saturated carbocycles. The summed E-state index contributed by atoms with van der Waals surface area (Å²) in [6.45, 7) is 8.39. The molecule has 36 heavy (non-hydrogen) atoms. The second kappa shape index (κ2) is 10.0. The Hall–Kier alpha value is -3.20. The molecule has 1 amide bonds. The highest BCUT2D eigenvalue weighted by molar-refractivity contribution is 6.35. The van der Waals surface area contributed by atoms with Crippen LogP contribution < -0.4 is 5.32 Å². The van der Waals surface area contributed by atoms with Crippen LogP contribution in [-0.2, 0) is 17.8 Å². The van der Waals surface area contributed by atoms with Gasteiger partial charge in [0.05, 0.1) is 18.2 Å². The van der Waals surface area contributed by atoms with E-state index < -0.39 is 0 Å². The molecule has 0 aliphatic carbocycles. The Morgan fingerprint density at radius 3 is 2.89 bits per heavy atom. The van der Waals surface area contributed by atoms with Gasteiger partial charge in [0, 0.05) is 53.9 Å². The quantitative estimate of drug-likeness (QED) is 0.385. The number of halogens is 1. The maximum atomic E-state index is 12.0. The number of hydrogen-bond donors (Lipinski definition) is 2. The topological polar surface area (TPSA) is 96.4 Å². The second-order valence-electron chi connectivity index (χ2n) is 9.54. The standard InChI is InChI=1S/C27H30ClN5O3/c1-16(2)33-14-23(28)22-12-18(5-7-24(22)33)27-30-26(31-36-27)21-6-4-19-13-32(10-8-20(19)17(21)3)15-25(35)29-9-11-34/h4-7,12,14,16,34H,8-11,13,15H2,1-3H3,(H,29,35). The fourth-order valence-electron chi connectivity index (χ4n) is 4.95. The molecule has 4 aromatic rings. The molecule has 5 rings (SSSR count). The highest BCUT2D eigenvalue weighted by Gasteiger charge is 2.23. The number of nitrogens with zero attached hydrogens (tertiary/aromatic N) is 4. The fraction of sp³-hybridized carbons (Fsp3) is 0.370. The largest absolute Gasteiger partial charge is 0.395 e. The molecular weight excluding hydrogens is 478 g/mol. The molecule has 1 aliphatic rings. The first-order valence-corrected chi connectivity index (χ1v) is 12.6. The molecule has 0 spiro atoms. The van der Waals surface area contributed by atoms with Crippen LogP contribution in [0.5, 0.6) is 0 Å². The van der Waals surface area contributed by atoms with E-state index in [1.165, 1.54) is 11.1 Å². The summed E-state index contributed by atoms with van der Waals surface area (Å²) in [5.41, 5.74) is 6.46. The van der Waals surface area contributed by atoms with E-state index >= 15 is 0 Å². The zero-order valence-electron chi connectivity index (χ0n) is 20.7. The third kappa shape index (κ3) is 4.64. The molecule has 3 heterocycles. The lowest BCUT2D eigenvalue weighted by molar-refractivity contribution is -0.122. The average molecular weight is 508 g/mol. The van der Waals surface area contributed by atoms with Crippen molar-refractivity contribution in [2.24, 2.45) is 0 Å². The molecule has 0 bridgehead atoms. The van der Waals surface area contributed by atoms with Crippen molar-refractivity contribution in [1.29, 1.82) is 0 Å². The van der Waals surface area contributed by atoms with Gasteiger partial charge in [0.15, 0.2) is 0 Å². The molecule has 0 fully saturated rings. The number of carbonyl (C=O) groups excluding carboxylic acids is 1. The number of hydrogen-bond acceptors (Lipinski definition) is 6. The lowest BCUT2D eigenvalue weighted by Crippen LogP contribution is -2.40. The zero-order chi connectivity index (χ0) is 25.4. The number of aromatic nitrogens is 3. The summed E-state index contributed by atoms with van der Waals surface area (Å²) in [6, 6.07) is 10.5. The van der Waals surface area contributed by atoms with Crippen LogP contribution in [-0.4, -0.2) is 56.9 Å². The number of benzene rings is 2. The van der Waals surface area contributed by atoms with E-state index in [1.54, 1.807) is 0 Å². The summed E-state index contributed by atoms with van der Waals surface area (Å²) < 4.78 is 7.81. The molecule has 0 atom stereocenters. The van der Waals surface area contributed by atoms with Gasteiger partial charge >= 0.3 is 0 Å². The minimum atomic E-state index is -0.0691. The van der Waals surface area contributed by atoms with Gasteiger partial charge < -0.3 is 19.5 Å². The Morgan fingerprint density at radius 2 is 2.11 bits per heavy atom. The van der Waals surface area contributed by atoms with Gasteiger partial charge in [-0.25, -0.2) is 0 Å². The number of nitrogens with one attached hydrogen (secondary N) is 1. The van der Waals surface area contributed by atoms with Gasteiger partial charge in [-0.1, -0.05) is 28.9 Å². The monoisotopic (exact) mass is 507 g/mol. The second-order valence-corrected chi connectivity index (χ2v) is 9.95. The summed E-state index contributed by atoms with van der Waals surface area (Å²) in [6.07, 6.45) is 2.80. The summed E-state index contributed by atoms with van der Waals surface area (Å²) in [7, 11) is 0. The number of aliphatic hydroxyl groups is 1. The molecule has 1 aliphatic heterocycles. The average Bonchev–Trinajstić information content (AvgIpc) is 3.48. The maximum absolute atomic E-state index is 12.0. The molecule has 9 heteroatoms. The van der Waals surface area contributed by atoms with E-state index in [4.69, 9.17) is 26.2 Å². The molecule has 2 aromatic heterocycles. The van der Waals surface area contributed by atoms with Crippen molar-refractivity contribution in [2.45, 2.75) is 39.8 Å². The van der Waals surface area contributed by atoms with E-state index in [0.29, 0.717) is 35.9 Å². The zero-order valence-corrected chi connectivity index (χ0v) is 21.5. The molecule has 2 aromatic carbocycles. The molecule has 2 N–H and O–H groups in total. The summed E-state index contributed by atoms with van der Waals surface area (Å²) in [5, 5.41) is 17.5. The third-order valence-corrected chi connectivity index (χ3v) is 7.12. The van der Waals surface area contributed by atoms with E-state index in [9.17, 15) is 4.79 Å². The Morgan fingerprint density at radius 1 is 1.28 bits per heavy atom. The number of carbonyl (C=O) groups is 1. The van der Waals surface area contributed by atoms with Crippen LogP contribution in [0.15, 0.2) is 41.1 Å². The van der Waals surface area contributed by atoms with Crippen molar-refractivity contribution in [3.63, 3.8) is 0 Å². The van der Waals surface area contributed by atoms with Gasteiger partial charge in [0.1, 0.15) is 0 Å². The van der Waals surface area contributed by atoms with E-state index in [1.807, 2.05) is 30.5 Å². The van der Waals surface area contributed by atoms with Crippen LogP contribution in [0.25, 0.3) is 33.7 Å². The molecule has 8 nitrogen and oxygen atoms in total. The van der Waals surface area contributed by atoms with Gasteiger partial charge in [0.2, 0.25) is 11.7 Å². The highest BCUT2D eigenvalue weighted by Crippen LogP contribution is 2.34. The van der Waals surface area contributed by atoms with Crippen LogP contribution in [0, 0.1) is 6.92 Å². The third-order valence-electron chi connectivity index (χ3n) is 6.82. The van der Waals surface area contributed by atoms with Gasteiger partial charge in [-0.2, -0.15) is 4.98 Å². The van der Waals surface area contributed by atoms with Crippen molar-refractivity contribution in [1.82, 2.24) is 24.9 Å². The van der Waals surface area contributed by atoms with E-state index in [2.05, 4.69) is 46.8 Å². The van der Waals surface area contributed by atoms with Gasteiger partial charge in [-0.15, -0.1) is 0 Å². The maximum Gasteiger partial charge on any atom is 0.258 e. The summed E-state index contributed by atoms with van der Waals surface area (Å²) in [5.74, 6) is 0.944. The molecule has 0 saturated heterocycles. The Bertz CT molecular complexity index is 1420. The molecule has 0 unspecified atom stereocenters. The number of aliphatic hydroxyl groups excluding tert-OH is 1. The smallest absolute Gasteiger partial charge is 0.258 e. The number of fused-ring (bicyclic) bond motifs is 2. The van der Waals surface area contributed by atoms with Crippen molar-refractivity contribution in [3.05, 3.63) is 58.2 Å². The van der Waals surface area contributed by atoms with E-state index in [0.717, 1.165) is 40.6 Å². The van der Waals surface area contributed by atoms with E-state index in [-0.39, 0.29) is 19.1 Å². The number of rotatable bonds is 7. The molecule has 188 valence electrons. The van der Waals surface area contributed by atoms with Crippen LogP contribution >= 0.6 is 11.6 Å². The first-order chi connectivity index (χ1) is 17.4. The minimum Gasteiger partial charge on any atom is -0.395 e. The summed E-state index contributed by atoms with van der Waals surface area (Å²) >= 11 is 6.51. The van der Waals surface area contributed by atoms with Crippen molar-refractivity contribution in [3.8, 4) is 22.8 Å². The molecule has 0 radical (unpaired) electrons.